The average Bonchev–Trinajstić information content (AvgIpc) is 2.89. The van der Waals surface area contributed by atoms with Gasteiger partial charge in [0.2, 0.25) is 21.8 Å². The van der Waals surface area contributed by atoms with Crippen LogP contribution in [0.5, 0.6) is 0 Å². The minimum Gasteiger partial charge on any atom is -0.352 e. The number of sulfonamides is 1. The van der Waals surface area contributed by atoms with Crippen molar-refractivity contribution in [3.63, 3.8) is 0 Å². The minimum absolute atomic E-state index is 0.129. The van der Waals surface area contributed by atoms with E-state index in [0.717, 1.165) is 32.8 Å². The van der Waals surface area contributed by atoms with Crippen molar-refractivity contribution in [1.82, 2.24) is 10.2 Å². The van der Waals surface area contributed by atoms with E-state index < -0.39 is 28.5 Å². The van der Waals surface area contributed by atoms with E-state index in [1.165, 1.54) is 4.90 Å². The van der Waals surface area contributed by atoms with Crippen LogP contribution in [0.3, 0.4) is 0 Å². The van der Waals surface area contributed by atoms with Crippen molar-refractivity contribution >= 4 is 27.5 Å². The van der Waals surface area contributed by atoms with Gasteiger partial charge in [-0.3, -0.25) is 13.9 Å². The van der Waals surface area contributed by atoms with Crippen molar-refractivity contribution in [2.24, 2.45) is 0 Å². The standard InChI is InChI=1S/C31H39N3O4S/c1-6-27-14-10-11-15-28(27)34(39(5,37)38)22-30(35)33(21-26-18-16-24(4)17-19-26)29(31(36)32-23(2)3)20-25-12-8-7-9-13-25/h7-19,23,29H,6,20-22H2,1-5H3,(H,32,36)/t29-/m0/s1. The van der Waals surface area contributed by atoms with Crippen LogP contribution in [0.4, 0.5) is 5.69 Å². The van der Waals surface area contributed by atoms with Gasteiger partial charge in [-0.2, -0.15) is 0 Å². The maximum Gasteiger partial charge on any atom is 0.244 e. The van der Waals surface area contributed by atoms with Gasteiger partial charge in [-0.05, 0) is 49.9 Å². The Morgan fingerprint density at radius 2 is 1.49 bits per heavy atom. The summed E-state index contributed by atoms with van der Waals surface area (Å²) in [5.41, 5.74) is 4.12. The molecule has 0 aliphatic heterocycles. The number of hydrogen-bond acceptors (Lipinski definition) is 4. The van der Waals surface area contributed by atoms with Crippen molar-refractivity contribution in [3.05, 3.63) is 101 Å². The van der Waals surface area contributed by atoms with Gasteiger partial charge in [0.15, 0.2) is 0 Å². The third-order valence-electron chi connectivity index (χ3n) is 6.50. The lowest BCUT2D eigenvalue weighted by Crippen LogP contribution is -2.54. The fourth-order valence-electron chi connectivity index (χ4n) is 4.47. The van der Waals surface area contributed by atoms with E-state index in [-0.39, 0.29) is 18.5 Å². The Morgan fingerprint density at radius 1 is 0.872 bits per heavy atom. The Hall–Kier alpha value is -3.65. The van der Waals surface area contributed by atoms with Crippen LogP contribution in [0.2, 0.25) is 0 Å². The van der Waals surface area contributed by atoms with E-state index in [2.05, 4.69) is 5.32 Å². The molecule has 0 radical (unpaired) electrons. The molecule has 0 bridgehead atoms. The lowest BCUT2D eigenvalue weighted by atomic mass is 10.0. The zero-order chi connectivity index (χ0) is 28.6. The van der Waals surface area contributed by atoms with Crippen molar-refractivity contribution in [1.29, 1.82) is 0 Å². The Kier molecular flexibility index (Phi) is 10.3. The number of anilines is 1. The molecule has 0 aliphatic rings. The van der Waals surface area contributed by atoms with Crippen molar-refractivity contribution < 1.29 is 18.0 Å². The molecular weight excluding hydrogens is 510 g/mol. The van der Waals surface area contributed by atoms with Gasteiger partial charge in [-0.1, -0.05) is 85.3 Å². The Balaban J connectivity index is 2.07. The lowest BCUT2D eigenvalue weighted by Gasteiger charge is -2.34. The SMILES string of the molecule is CCc1ccccc1N(CC(=O)N(Cc1ccc(C)cc1)[C@@H](Cc1ccccc1)C(=O)NC(C)C)S(C)(=O)=O. The normalized spacial score (nSPS) is 12.2. The zero-order valence-corrected chi connectivity index (χ0v) is 24.2. The van der Waals surface area contributed by atoms with Gasteiger partial charge >= 0.3 is 0 Å². The predicted molar refractivity (Wildman–Crippen MR) is 157 cm³/mol. The van der Waals surface area contributed by atoms with E-state index in [9.17, 15) is 18.0 Å². The van der Waals surface area contributed by atoms with Crippen LogP contribution in [0.1, 0.15) is 43.0 Å². The summed E-state index contributed by atoms with van der Waals surface area (Å²) in [6, 6.07) is 23.5. The molecule has 3 aromatic carbocycles. The molecule has 0 fully saturated rings. The van der Waals surface area contributed by atoms with Gasteiger partial charge in [0.05, 0.1) is 11.9 Å². The van der Waals surface area contributed by atoms with E-state index in [0.29, 0.717) is 18.5 Å². The Labute approximate surface area is 232 Å². The monoisotopic (exact) mass is 549 g/mol. The summed E-state index contributed by atoms with van der Waals surface area (Å²) in [5, 5.41) is 2.96. The van der Waals surface area contributed by atoms with Crippen LogP contribution in [-0.4, -0.2) is 50.0 Å². The smallest absolute Gasteiger partial charge is 0.244 e. The van der Waals surface area contributed by atoms with Crippen molar-refractivity contribution in [2.45, 2.75) is 59.2 Å². The molecular formula is C31H39N3O4S. The maximum absolute atomic E-state index is 14.1. The number of rotatable bonds is 12. The molecule has 0 saturated carbocycles. The van der Waals surface area contributed by atoms with Crippen LogP contribution in [0, 0.1) is 6.92 Å². The molecule has 0 unspecified atom stereocenters. The highest BCUT2D eigenvalue weighted by molar-refractivity contribution is 7.92. The number of carbonyl (C=O) groups is 2. The maximum atomic E-state index is 14.1. The first-order valence-corrected chi connectivity index (χ1v) is 15.1. The molecule has 0 heterocycles. The Morgan fingerprint density at radius 3 is 2.08 bits per heavy atom. The number of hydrogen-bond donors (Lipinski definition) is 1. The largest absolute Gasteiger partial charge is 0.352 e. The minimum atomic E-state index is -3.80. The van der Waals surface area contributed by atoms with Crippen LogP contribution < -0.4 is 9.62 Å². The average molecular weight is 550 g/mol. The molecule has 1 N–H and O–H groups in total. The summed E-state index contributed by atoms with van der Waals surface area (Å²) in [5.74, 6) is -0.735. The highest BCUT2D eigenvalue weighted by atomic mass is 32.2. The van der Waals surface area contributed by atoms with Gasteiger partial charge in [0.25, 0.3) is 0 Å². The van der Waals surface area contributed by atoms with E-state index in [1.54, 1.807) is 12.1 Å². The third kappa shape index (κ3) is 8.42. The van der Waals surface area contributed by atoms with Gasteiger partial charge in [0.1, 0.15) is 12.6 Å². The summed E-state index contributed by atoms with van der Waals surface area (Å²) in [4.78, 5) is 29.2. The number of aryl methyl sites for hydroxylation is 2. The number of benzene rings is 3. The second-order valence-corrected chi connectivity index (χ2v) is 12.0. The lowest BCUT2D eigenvalue weighted by molar-refractivity contribution is -0.140. The molecule has 0 saturated heterocycles. The first-order chi connectivity index (χ1) is 18.5. The highest BCUT2D eigenvalue weighted by Gasteiger charge is 2.33. The first kappa shape index (κ1) is 29.9. The molecule has 3 aromatic rings. The first-order valence-electron chi connectivity index (χ1n) is 13.2. The molecule has 8 heteroatoms. The van der Waals surface area contributed by atoms with Crippen LogP contribution in [-0.2, 0) is 39.0 Å². The van der Waals surface area contributed by atoms with Gasteiger partial charge in [0, 0.05) is 19.0 Å². The molecule has 0 spiro atoms. The molecule has 0 aliphatic carbocycles. The van der Waals surface area contributed by atoms with Crippen LogP contribution >= 0.6 is 0 Å². The third-order valence-corrected chi connectivity index (χ3v) is 7.62. The molecule has 39 heavy (non-hydrogen) atoms. The van der Waals surface area contributed by atoms with Crippen molar-refractivity contribution in [3.8, 4) is 0 Å². The summed E-state index contributed by atoms with van der Waals surface area (Å²) in [6.07, 6.45) is 2.00. The van der Waals surface area contributed by atoms with E-state index in [4.69, 9.17) is 0 Å². The number of para-hydroxylation sites is 1. The molecule has 3 rings (SSSR count). The van der Waals surface area contributed by atoms with Gasteiger partial charge < -0.3 is 10.2 Å². The number of amides is 2. The van der Waals surface area contributed by atoms with E-state index >= 15 is 0 Å². The Bertz CT molecular complexity index is 1360. The molecule has 1 atom stereocenters. The van der Waals surface area contributed by atoms with Gasteiger partial charge in [-0.25, -0.2) is 8.42 Å². The second kappa shape index (κ2) is 13.4. The topological polar surface area (TPSA) is 86.8 Å². The van der Waals surface area contributed by atoms with Crippen molar-refractivity contribution in [2.75, 3.05) is 17.1 Å². The highest BCUT2D eigenvalue weighted by Crippen LogP contribution is 2.24. The summed E-state index contributed by atoms with van der Waals surface area (Å²) in [7, 11) is -3.80. The summed E-state index contributed by atoms with van der Waals surface area (Å²) >= 11 is 0. The predicted octanol–water partition coefficient (Wildman–Crippen LogP) is 4.49. The quantitative estimate of drug-likeness (QED) is 0.361. The molecule has 0 aromatic heterocycles. The number of nitrogens with one attached hydrogen (secondary N) is 1. The number of nitrogens with zero attached hydrogens (tertiary/aromatic N) is 2. The molecule has 7 nitrogen and oxygen atoms in total. The summed E-state index contributed by atoms with van der Waals surface area (Å²) < 4.78 is 27.1. The second-order valence-electron chi connectivity index (χ2n) is 10.1. The van der Waals surface area contributed by atoms with Crippen LogP contribution in [0.25, 0.3) is 0 Å². The van der Waals surface area contributed by atoms with Crippen LogP contribution in [0.15, 0.2) is 78.9 Å². The fraction of sp³-hybridized carbons (Fsp3) is 0.355. The van der Waals surface area contributed by atoms with E-state index in [1.807, 2.05) is 94.4 Å². The summed E-state index contributed by atoms with van der Waals surface area (Å²) in [6.45, 7) is 7.41. The number of carbonyl (C=O) groups excluding carboxylic acids is 2. The molecule has 208 valence electrons. The molecule has 2 amide bonds. The fourth-order valence-corrected chi connectivity index (χ4v) is 5.35. The van der Waals surface area contributed by atoms with Gasteiger partial charge in [-0.15, -0.1) is 0 Å². The zero-order valence-electron chi connectivity index (χ0n) is 23.4.